The van der Waals surface area contributed by atoms with Crippen LogP contribution < -0.4 is 5.32 Å². The van der Waals surface area contributed by atoms with E-state index in [1.807, 2.05) is 18.2 Å². The van der Waals surface area contributed by atoms with E-state index in [1.54, 1.807) is 0 Å². The second kappa shape index (κ2) is 5.66. The molecule has 2 aromatic rings. The molecular formula is C18H19BrClN. The maximum atomic E-state index is 6.12. The van der Waals surface area contributed by atoms with Gasteiger partial charge in [-0.25, -0.2) is 0 Å². The molecule has 3 heteroatoms. The molecular weight excluding hydrogens is 346 g/mol. The Bertz CT molecular complexity index is 666. The highest BCUT2D eigenvalue weighted by molar-refractivity contribution is 9.10. The number of rotatable bonds is 2. The van der Waals surface area contributed by atoms with Crippen LogP contribution in [0.5, 0.6) is 0 Å². The Morgan fingerprint density at radius 1 is 1.19 bits per heavy atom. The van der Waals surface area contributed by atoms with Crippen LogP contribution in [-0.4, -0.2) is 0 Å². The van der Waals surface area contributed by atoms with Crippen LogP contribution in [0.2, 0.25) is 5.02 Å². The third-order valence-electron chi connectivity index (χ3n) is 4.38. The maximum absolute atomic E-state index is 6.12. The minimum Gasteiger partial charge on any atom is -0.377 e. The van der Waals surface area contributed by atoms with Gasteiger partial charge in [0.25, 0.3) is 0 Å². The smallest absolute Gasteiger partial charge is 0.0517 e. The predicted molar refractivity (Wildman–Crippen MR) is 94.2 cm³/mol. The number of hydrogen-bond acceptors (Lipinski definition) is 1. The molecule has 1 aliphatic carbocycles. The first-order valence-corrected chi connectivity index (χ1v) is 8.45. The van der Waals surface area contributed by atoms with Gasteiger partial charge in [-0.3, -0.25) is 0 Å². The van der Waals surface area contributed by atoms with E-state index in [4.69, 9.17) is 11.6 Å². The van der Waals surface area contributed by atoms with Crippen LogP contribution in [0.1, 0.15) is 43.9 Å². The van der Waals surface area contributed by atoms with Crippen molar-refractivity contribution in [2.24, 2.45) is 0 Å². The van der Waals surface area contributed by atoms with Gasteiger partial charge in [0.1, 0.15) is 0 Å². The third kappa shape index (κ3) is 2.97. The highest BCUT2D eigenvalue weighted by Crippen LogP contribution is 2.43. The van der Waals surface area contributed by atoms with Crippen molar-refractivity contribution in [2.75, 3.05) is 5.32 Å². The highest BCUT2D eigenvalue weighted by Gasteiger charge is 2.32. The Balaban J connectivity index is 1.96. The molecule has 0 heterocycles. The fourth-order valence-corrected chi connectivity index (χ4v) is 3.69. The van der Waals surface area contributed by atoms with Crippen molar-refractivity contribution < 1.29 is 0 Å². The van der Waals surface area contributed by atoms with E-state index >= 15 is 0 Å². The highest BCUT2D eigenvalue weighted by atomic mass is 79.9. The van der Waals surface area contributed by atoms with Crippen LogP contribution >= 0.6 is 27.5 Å². The lowest BCUT2D eigenvalue weighted by molar-refractivity contribution is 0.406. The number of halogens is 2. The molecule has 1 aliphatic rings. The quantitative estimate of drug-likeness (QED) is 0.656. The van der Waals surface area contributed by atoms with Gasteiger partial charge in [-0.1, -0.05) is 49.7 Å². The zero-order valence-electron chi connectivity index (χ0n) is 12.3. The molecule has 2 aromatic carbocycles. The average molecular weight is 365 g/mol. The van der Waals surface area contributed by atoms with E-state index in [2.05, 4.69) is 59.4 Å². The minimum atomic E-state index is 0.250. The van der Waals surface area contributed by atoms with Gasteiger partial charge >= 0.3 is 0 Å². The van der Waals surface area contributed by atoms with Crippen molar-refractivity contribution >= 4 is 33.2 Å². The number of anilines is 1. The summed E-state index contributed by atoms with van der Waals surface area (Å²) in [6.45, 7) is 4.66. The normalized spacial score (nSPS) is 19.9. The molecule has 110 valence electrons. The Morgan fingerprint density at radius 3 is 2.76 bits per heavy atom. The Kier molecular flexibility index (Phi) is 4.02. The van der Waals surface area contributed by atoms with Gasteiger partial charge in [-0.15, -0.1) is 0 Å². The van der Waals surface area contributed by atoms with Crippen molar-refractivity contribution in [1.29, 1.82) is 0 Å². The Morgan fingerprint density at radius 2 is 1.95 bits per heavy atom. The second-order valence-electron chi connectivity index (χ2n) is 6.33. The SMILES string of the molecule is CC1(C)CCC(Nc2cc(Cl)ccc2Br)c2ccccc21. The van der Waals surface area contributed by atoms with Gasteiger partial charge in [-0.2, -0.15) is 0 Å². The van der Waals surface area contributed by atoms with Crippen molar-refractivity contribution in [3.8, 4) is 0 Å². The summed E-state index contributed by atoms with van der Waals surface area (Å²) in [5.74, 6) is 0. The van der Waals surface area contributed by atoms with E-state index in [9.17, 15) is 0 Å². The average Bonchev–Trinajstić information content (AvgIpc) is 2.46. The van der Waals surface area contributed by atoms with Crippen LogP contribution in [0, 0.1) is 0 Å². The fourth-order valence-electron chi connectivity index (χ4n) is 3.16. The fraction of sp³-hybridized carbons (Fsp3) is 0.333. The zero-order valence-corrected chi connectivity index (χ0v) is 14.6. The number of benzene rings is 2. The maximum Gasteiger partial charge on any atom is 0.0517 e. The summed E-state index contributed by atoms with van der Waals surface area (Å²) < 4.78 is 1.05. The standard InChI is InChI=1S/C18H19BrClN/c1-18(2)10-9-16(13-5-3-4-6-14(13)18)21-17-11-12(20)7-8-15(17)19/h3-8,11,16,21H,9-10H2,1-2H3. The molecule has 1 atom stereocenters. The Hall–Kier alpha value is -0.990. The van der Waals surface area contributed by atoms with Crippen LogP contribution in [0.15, 0.2) is 46.9 Å². The molecule has 0 fully saturated rings. The summed E-state index contributed by atoms with van der Waals surface area (Å²) in [6.07, 6.45) is 2.31. The molecule has 1 nitrogen and oxygen atoms in total. The monoisotopic (exact) mass is 363 g/mol. The van der Waals surface area contributed by atoms with E-state index in [0.29, 0.717) is 6.04 Å². The van der Waals surface area contributed by atoms with Crippen molar-refractivity contribution in [3.05, 3.63) is 63.1 Å². The van der Waals surface area contributed by atoms with Gasteiger partial charge in [0.15, 0.2) is 0 Å². The van der Waals surface area contributed by atoms with Gasteiger partial charge in [-0.05, 0) is 63.5 Å². The molecule has 0 amide bonds. The summed E-state index contributed by atoms with van der Waals surface area (Å²) in [5, 5.41) is 4.41. The lowest BCUT2D eigenvalue weighted by atomic mass is 9.71. The zero-order chi connectivity index (χ0) is 15.0. The first-order valence-electron chi connectivity index (χ1n) is 7.28. The lowest BCUT2D eigenvalue weighted by Gasteiger charge is -2.38. The molecule has 0 saturated heterocycles. The minimum absolute atomic E-state index is 0.250. The van der Waals surface area contributed by atoms with Crippen molar-refractivity contribution in [2.45, 2.75) is 38.1 Å². The molecule has 3 rings (SSSR count). The van der Waals surface area contributed by atoms with Crippen LogP contribution in [-0.2, 0) is 5.41 Å². The largest absolute Gasteiger partial charge is 0.377 e. The van der Waals surface area contributed by atoms with Crippen LogP contribution in [0.25, 0.3) is 0 Å². The van der Waals surface area contributed by atoms with E-state index in [-0.39, 0.29) is 5.41 Å². The van der Waals surface area contributed by atoms with Gasteiger partial charge in [0, 0.05) is 9.50 Å². The summed E-state index contributed by atoms with van der Waals surface area (Å²) in [5.41, 5.74) is 4.16. The summed E-state index contributed by atoms with van der Waals surface area (Å²) in [4.78, 5) is 0. The summed E-state index contributed by atoms with van der Waals surface area (Å²) >= 11 is 9.72. The van der Waals surface area contributed by atoms with E-state index in [1.165, 1.54) is 17.5 Å². The lowest BCUT2D eigenvalue weighted by Crippen LogP contribution is -2.29. The first-order chi connectivity index (χ1) is 9.97. The van der Waals surface area contributed by atoms with Crippen LogP contribution in [0.4, 0.5) is 5.69 Å². The molecule has 0 aliphatic heterocycles. The third-order valence-corrected chi connectivity index (χ3v) is 5.31. The molecule has 0 aromatic heterocycles. The molecule has 1 unspecified atom stereocenters. The number of nitrogens with one attached hydrogen (secondary N) is 1. The second-order valence-corrected chi connectivity index (χ2v) is 7.62. The Labute approximate surface area is 139 Å². The first kappa shape index (κ1) is 14.9. The number of hydrogen-bond donors (Lipinski definition) is 1. The molecule has 0 saturated carbocycles. The van der Waals surface area contributed by atoms with E-state index < -0.39 is 0 Å². The van der Waals surface area contributed by atoms with E-state index in [0.717, 1.165) is 21.6 Å². The molecule has 0 spiro atoms. The summed E-state index contributed by atoms with van der Waals surface area (Å²) in [7, 11) is 0. The predicted octanol–water partition coefficient (Wildman–Crippen LogP) is 6.33. The molecule has 21 heavy (non-hydrogen) atoms. The van der Waals surface area contributed by atoms with Gasteiger partial charge in [0.2, 0.25) is 0 Å². The molecule has 0 bridgehead atoms. The van der Waals surface area contributed by atoms with Gasteiger partial charge < -0.3 is 5.32 Å². The summed E-state index contributed by atoms with van der Waals surface area (Å²) in [6, 6.07) is 15.0. The number of fused-ring (bicyclic) bond motifs is 1. The molecule has 0 radical (unpaired) electrons. The van der Waals surface area contributed by atoms with Crippen molar-refractivity contribution in [3.63, 3.8) is 0 Å². The van der Waals surface area contributed by atoms with Crippen molar-refractivity contribution in [1.82, 2.24) is 0 Å². The van der Waals surface area contributed by atoms with Crippen LogP contribution in [0.3, 0.4) is 0 Å². The molecule has 1 N–H and O–H groups in total. The van der Waals surface area contributed by atoms with Gasteiger partial charge in [0.05, 0.1) is 11.7 Å². The topological polar surface area (TPSA) is 12.0 Å².